The summed E-state index contributed by atoms with van der Waals surface area (Å²) in [5.74, 6) is -1.96. The normalized spacial score (nSPS) is 12.7. The Morgan fingerprint density at radius 3 is 2.88 bits per heavy atom. The highest BCUT2D eigenvalue weighted by Crippen LogP contribution is 2.20. The van der Waals surface area contributed by atoms with Gasteiger partial charge in [-0.3, -0.25) is 0 Å². The molecule has 0 aliphatic heterocycles. The SMILES string of the molecule is OC(Cn1ccnc1)c1cccc(F)c1F. The number of imidazole rings is 1. The molecule has 2 aromatic rings. The van der Waals surface area contributed by atoms with Crippen LogP contribution in [0.3, 0.4) is 0 Å². The molecule has 2 rings (SSSR count). The number of nitrogens with zero attached hydrogens (tertiary/aromatic N) is 2. The van der Waals surface area contributed by atoms with Crippen LogP contribution >= 0.6 is 0 Å². The lowest BCUT2D eigenvalue weighted by Crippen LogP contribution is -2.09. The minimum atomic E-state index is -1.09. The largest absolute Gasteiger partial charge is 0.386 e. The topological polar surface area (TPSA) is 38.0 Å². The molecule has 84 valence electrons. The van der Waals surface area contributed by atoms with Gasteiger partial charge in [0.15, 0.2) is 11.6 Å². The zero-order chi connectivity index (χ0) is 11.5. The summed E-state index contributed by atoms with van der Waals surface area (Å²) in [6, 6.07) is 3.74. The van der Waals surface area contributed by atoms with Crippen molar-refractivity contribution in [3.63, 3.8) is 0 Å². The van der Waals surface area contributed by atoms with Gasteiger partial charge in [0.25, 0.3) is 0 Å². The summed E-state index contributed by atoms with van der Waals surface area (Å²) >= 11 is 0. The second kappa shape index (κ2) is 4.40. The standard InChI is InChI=1S/C11H10F2N2O/c12-9-3-1-2-8(11(9)13)10(16)6-15-5-4-14-7-15/h1-5,7,10,16H,6H2. The van der Waals surface area contributed by atoms with E-state index in [9.17, 15) is 13.9 Å². The lowest BCUT2D eigenvalue weighted by Gasteiger charge is -2.12. The average Bonchev–Trinajstić information content (AvgIpc) is 2.74. The van der Waals surface area contributed by atoms with Gasteiger partial charge < -0.3 is 9.67 Å². The lowest BCUT2D eigenvalue weighted by molar-refractivity contribution is 0.151. The number of hydrogen-bond acceptors (Lipinski definition) is 2. The van der Waals surface area contributed by atoms with Gasteiger partial charge in [-0.25, -0.2) is 13.8 Å². The Kier molecular flexibility index (Phi) is 2.96. The molecule has 1 atom stereocenters. The van der Waals surface area contributed by atoms with Gasteiger partial charge in [-0.1, -0.05) is 12.1 Å². The van der Waals surface area contributed by atoms with Crippen molar-refractivity contribution in [1.82, 2.24) is 9.55 Å². The van der Waals surface area contributed by atoms with Gasteiger partial charge in [-0.15, -0.1) is 0 Å². The lowest BCUT2D eigenvalue weighted by atomic mass is 10.1. The molecule has 1 heterocycles. The van der Waals surface area contributed by atoms with Crippen molar-refractivity contribution < 1.29 is 13.9 Å². The van der Waals surface area contributed by atoms with Crippen LogP contribution in [0.25, 0.3) is 0 Å². The molecule has 1 aromatic carbocycles. The Balaban J connectivity index is 2.21. The molecule has 5 heteroatoms. The van der Waals surface area contributed by atoms with Gasteiger partial charge in [0.2, 0.25) is 0 Å². The predicted molar refractivity (Wildman–Crippen MR) is 53.5 cm³/mol. The second-order valence-electron chi connectivity index (χ2n) is 3.42. The van der Waals surface area contributed by atoms with Crippen LogP contribution in [-0.2, 0) is 6.54 Å². The number of benzene rings is 1. The van der Waals surface area contributed by atoms with Gasteiger partial charge in [-0.05, 0) is 6.07 Å². The second-order valence-corrected chi connectivity index (χ2v) is 3.42. The molecule has 0 amide bonds. The van der Waals surface area contributed by atoms with E-state index in [-0.39, 0.29) is 12.1 Å². The third-order valence-electron chi connectivity index (χ3n) is 2.28. The van der Waals surface area contributed by atoms with Gasteiger partial charge in [-0.2, -0.15) is 0 Å². The predicted octanol–water partition coefficient (Wildman–Crippen LogP) is 1.89. The van der Waals surface area contributed by atoms with E-state index in [4.69, 9.17) is 0 Å². The average molecular weight is 224 g/mol. The maximum atomic E-state index is 13.3. The summed E-state index contributed by atoms with van der Waals surface area (Å²) in [6.07, 6.45) is 3.60. The van der Waals surface area contributed by atoms with Gasteiger partial charge in [0.05, 0.1) is 19.0 Å². The Hall–Kier alpha value is -1.75. The number of aliphatic hydroxyl groups is 1. The molecule has 0 bridgehead atoms. The summed E-state index contributed by atoms with van der Waals surface area (Å²) in [5, 5.41) is 9.74. The molecule has 0 radical (unpaired) electrons. The van der Waals surface area contributed by atoms with Gasteiger partial charge in [0, 0.05) is 18.0 Å². The maximum absolute atomic E-state index is 13.3. The number of rotatable bonds is 3. The minimum absolute atomic E-state index is 0.0475. The summed E-state index contributed by atoms with van der Waals surface area (Å²) in [6.45, 7) is 0.139. The molecule has 0 spiro atoms. The van der Waals surface area contributed by atoms with E-state index in [0.29, 0.717) is 0 Å². The quantitative estimate of drug-likeness (QED) is 0.864. The Morgan fingerprint density at radius 1 is 1.38 bits per heavy atom. The first-order valence-corrected chi connectivity index (χ1v) is 4.76. The number of aromatic nitrogens is 2. The smallest absolute Gasteiger partial charge is 0.164 e. The molecule has 1 N–H and O–H groups in total. The molecule has 0 saturated carbocycles. The van der Waals surface area contributed by atoms with E-state index < -0.39 is 17.7 Å². The zero-order valence-corrected chi connectivity index (χ0v) is 8.35. The third-order valence-corrected chi connectivity index (χ3v) is 2.28. The fourth-order valence-electron chi connectivity index (χ4n) is 1.47. The molecule has 0 fully saturated rings. The monoisotopic (exact) mass is 224 g/mol. The summed E-state index contributed by atoms with van der Waals surface area (Å²) in [4.78, 5) is 3.79. The molecule has 1 aromatic heterocycles. The summed E-state index contributed by atoms with van der Waals surface area (Å²) in [7, 11) is 0. The maximum Gasteiger partial charge on any atom is 0.164 e. The third kappa shape index (κ3) is 2.09. The van der Waals surface area contributed by atoms with Crippen LogP contribution in [-0.4, -0.2) is 14.7 Å². The van der Waals surface area contributed by atoms with Crippen molar-refractivity contribution in [2.75, 3.05) is 0 Å². The van der Waals surface area contributed by atoms with E-state index in [1.165, 1.54) is 18.5 Å². The fraction of sp³-hybridized carbons (Fsp3) is 0.182. The Bertz CT molecular complexity index is 471. The van der Waals surface area contributed by atoms with Crippen molar-refractivity contribution in [2.24, 2.45) is 0 Å². The first kappa shape index (κ1) is 10.8. The van der Waals surface area contributed by atoms with Crippen molar-refractivity contribution in [3.8, 4) is 0 Å². The van der Waals surface area contributed by atoms with Gasteiger partial charge in [0.1, 0.15) is 0 Å². The Labute approximate surface area is 91.0 Å². The van der Waals surface area contributed by atoms with Gasteiger partial charge >= 0.3 is 0 Å². The molecule has 16 heavy (non-hydrogen) atoms. The van der Waals surface area contributed by atoms with Crippen LogP contribution in [0.4, 0.5) is 8.78 Å². The first-order valence-electron chi connectivity index (χ1n) is 4.76. The highest BCUT2D eigenvalue weighted by atomic mass is 19.2. The van der Waals surface area contributed by atoms with Crippen molar-refractivity contribution in [1.29, 1.82) is 0 Å². The summed E-state index contributed by atoms with van der Waals surface area (Å²) in [5.41, 5.74) is -0.0475. The van der Waals surface area contributed by atoms with E-state index in [1.807, 2.05) is 0 Å². The molecular formula is C11H10F2N2O. The van der Waals surface area contributed by atoms with Crippen LogP contribution in [0.5, 0.6) is 0 Å². The van der Waals surface area contributed by atoms with Crippen molar-refractivity contribution >= 4 is 0 Å². The number of aliphatic hydroxyl groups excluding tert-OH is 1. The van der Waals surface area contributed by atoms with Crippen LogP contribution in [0.2, 0.25) is 0 Å². The minimum Gasteiger partial charge on any atom is -0.386 e. The number of halogens is 2. The zero-order valence-electron chi connectivity index (χ0n) is 8.35. The molecular weight excluding hydrogens is 214 g/mol. The molecule has 0 saturated heterocycles. The highest BCUT2D eigenvalue weighted by Gasteiger charge is 2.15. The van der Waals surface area contributed by atoms with Crippen molar-refractivity contribution in [2.45, 2.75) is 12.6 Å². The molecule has 0 aliphatic carbocycles. The van der Waals surface area contributed by atoms with E-state index in [1.54, 1.807) is 17.0 Å². The fourth-order valence-corrected chi connectivity index (χ4v) is 1.47. The van der Waals surface area contributed by atoms with Crippen LogP contribution < -0.4 is 0 Å². The number of hydrogen-bond donors (Lipinski definition) is 1. The van der Waals surface area contributed by atoms with E-state index >= 15 is 0 Å². The van der Waals surface area contributed by atoms with Crippen molar-refractivity contribution in [3.05, 3.63) is 54.1 Å². The molecule has 0 aliphatic rings. The van der Waals surface area contributed by atoms with E-state index in [2.05, 4.69) is 4.98 Å². The highest BCUT2D eigenvalue weighted by molar-refractivity contribution is 5.21. The van der Waals surface area contributed by atoms with Crippen LogP contribution in [0.15, 0.2) is 36.9 Å². The van der Waals surface area contributed by atoms with Crippen LogP contribution in [0, 0.1) is 11.6 Å². The Morgan fingerprint density at radius 2 is 2.19 bits per heavy atom. The molecule has 1 unspecified atom stereocenters. The first-order chi connectivity index (χ1) is 7.68. The summed E-state index contributed by atoms with van der Waals surface area (Å²) < 4.78 is 27.8. The molecule has 3 nitrogen and oxygen atoms in total. The van der Waals surface area contributed by atoms with E-state index in [0.717, 1.165) is 6.07 Å². The van der Waals surface area contributed by atoms with Crippen LogP contribution in [0.1, 0.15) is 11.7 Å².